The number of rotatable bonds is 4. The summed E-state index contributed by atoms with van der Waals surface area (Å²) >= 11 is 1.48. The molecule has 4 aromatic rings. The second kappa shape index (κ2) is 6.49. The molecule has 6 nitrogen and oxygen atoms in total. The van der Waals surface area contributed by atoms with Gasteiger partial charge in [0.1, 0.15) is 0 Å². The Kier molecular flexibility index (Phi) is 4.16. The van der Waals surface area contributed by atoms with Crippen LogP contribution in [0.4, 0.5) is 5.13 Å². The van der Waals surface area contributed by atoms with E-state index in [-0.39, 0.29) is 5.91 Å². The zero-order valence-electron chi connectivity index (χ0n) is 14.9. The van der Waals surface area contributed by atoms with Crippen LogP contribution in [0.5, 0.6) is 0 Å². The number of nitrogens with zero attached hydrogens (tertiary/aromatic N) is 4. The number of aromatic nitrogens is 4. The van der Waals surface area contributed by atoms with Gasteiger partial charge in [-0.2, -0.15) is 5.10 Å². The number of amides is 1. The molecule has 132 valence electrons. The Bertz CT molecular complexity index is 1130. The molecule has 0 saturated heterocycles. The van der Waals surface area contributed by atoms with Crippen molar-refractivity contribution in [3.8, 4) is 0 Å². The maximum absolute atomic E-state index is 12.2. The molecule has 0 spiro atoms. The Morgan fingerprint density at radius 2 is 2.04 bits per heavy atom. The van der Waals surface area contributed by atoms with E-state index in [4.69, 9.17) is 4.98 Å². The summed E-state index contributed by atoms with van der Waals surface area (Å²) in [7, 11) is 0. The summed E-state index contributed by atoms with van der Waals surface area (Å²) in [6.45, 7) is 5.99. The third-order valence-electron chi connectivity index (χ3n) is 4.49. The number of hydrogen-bond donors (Lipinski definition) is 1. The van der Waals surface area contributed by atoms with Gasteiger partial charge in [-0.3, -0.25) is 4.79 Å². The summed E-state index contributed by atoms with van der Waals surface area (Å²) in [6, 6.07) is 7.99. The van der Waals surface area contributed by atoms with Gasteiger partial charge in [-0.15, -0.1) is 11.3 Å². The molecule has 0 saturated carbocycles. The predicted octanol–water partition coefficient (Wildman–Crippen LogP) is 3.84. The molecule has 26 heavy (non-hydrogen) atoms. The molecular formula is C19H19N5OS. The third kappa shape index (κ3) is 2.94. The fourth-order valence-electron chi connectivity index (χ4n) is 3.17. The fraction of sp³-hybridized carbons (Fsp3) is 0.263. The lowest BCUT2D eigenvalue weighted by molar-refractivity contribution is -0.116. The van der Waals surface area contributed by atoms with Crippen molar-refractivity contribution in [1.82, 2.24) is 19.6 Å². The van der Waals surface area contributed by atoms with Crippen molar-refractivity contribution < 1.29 is 4.79 Å². The highest BCUT2D eigenvalue weighted by Gasteiger charge is 2.15. The minimum atomic E-state index is -0.0381. The molecule has 0 aliphatic heterocycles. The average molecular weight is 365 g/mol. The van der Waals surface area contributed by atoms with E-state index in [1.54, 1.807) is 6.20 Å². The summed E-state index contributed by atoms with van der Waals surface area (Å²) in [4.78, 5) is 22.2. The lowest BCUT2D eigenvalue weighted by Gasteiger charge is -2.11. The average Bonchev–Trinajstić information content (AvgIpc) is 3.18. The Morgan fingerprint density at radius 1 is 1.23 bits per heavy atom. The van der Waals surface area contributed by atoms with E-state index in [1.807, 2.05) is 49.6 Å². The van der Waals surface area contributed by atoms with Crippen LogP contribution in [0.15, 0.2) is 30.5 Å². The Hall–Kier alpha value is -2.80. The fourth-order valence-corrected chi connectivity index (χ4v) is 3.85. The number of fused-ring (bicyclic) bond motifs is 3. The lowest BCUT2D eigenvalue weighted by Crippen LogP contribution is -2.14. The van der Waals surface area contributed by atoms with Crippen LogP contribution in [-0.2, 0) is 11.2 Å². The van der Waals surface area contributed by atoms with Crippen molar-refractivity contribution in [3.05, 3.63) is 52.3 Å². The van der Waals surface area contributed by atoms with Crippen LogP contribution in [0.2, 0.25) is 0 Å². The van der Waals surface area contributed by atoms with Crippen molar-refractivity contribution in [3.63, 3.8) is 0 Å². The van der Waals surface area contributed by atoms with Crippen molar-refractivity contribution in [2.45, 2.75) is 33.6 Å². The summed E-state index contributed by atoms with van der Waals surface area (Å²) in [6.07, 6.45) is 2.76. The van der Waals surface area contributed by atoms with Gasteiger partial charge in [0, 0.05) is 34.3 Å². The van der Waals surface area contributed by atoms with Crippen LogP contribution in [0.1, 0.15) is 28.2 Å². The van der Waals surface area contributed by atoms with E-state index >= 15 is 0 Å². The van der Waals surface area contributed by atoms with Gasteiger partial charge in [0.2, 0.25) is 5.91 Å². The molecule has 0 fully saturated rings. The molecule has 0 bridgehead atoms. The number of carbonyl (C=O) groups is 1. The van der Waals surface area contributed by atoms with E-state index in [1.165, 1.54) is 11.3 Å². The summed E-state index contributed by atoms with van der Waals surface area (Å²) < 4.78 is 1.88. The van der Waals surface area contributed by atoms with Gasteiger partial charge in [0.05, 0.1) is 5.52 Å². The standard InChI is InChI=1S/C19H19N5OS/c1-11-10-20-19(26-11)22-17(25)9-8-14-12(2)21-18-15-6-4-5-7-16(15)23-24(18)13(14)3/h4-7,10H,8-9H2,1-3H3,(H,20,22,25). The van der Waals surface area contributed by atoms with Crippen LogP contribution in [0.25, 0.3) is 16.6 Å². The van der Waals surface area contributed by atoms with Crippen molar-refractivity contribution in [1.29, 1.82) is 0 Å². The van der Waals surface area contributed by atoms with Crippen LogP contribution in [0.3, 0.4) is 0 Å². The number of thiazole rings is 1. The first-order valence-electron chi connectivity index (χ1n) is 8.49. The molecule has 0 aliphatic rings. The van der Waals surface area contributed by atoms with E-state index < -0.39 is 0 Å². The number of hydrogen-bond acceptors (Lipinski definition) is 5. The molecule has 7 heteroatoms. The number of anilines is 1. The van der Waals surface area contributed by atoms with Gasteiger partial charge < -0.3 is 5.32 Å². The molecule has 4 rings (SSSR count). The first-order chi connectivity index (χ1) is 12.5. The van der Waals surface area contributed by atoms with Gasteiger partial charge >= 0.3 is 0 Å². The number of nitrogens with one attached hydrogen (secondary N) is 1. The van der Waals surface area contributed by atoms with Crippen LogP contribution in [0, 0.1) is 20.8 Å². The van der Waals surface area contributed by atoms with Gasteiger partial charge in [0.15, 0.2) is 10.8 Å². The monoisotopic (exact) mass is 365 g/mol. The number of carbonyl (C=O) groups excluding carboxylic acids is 1. The minimum absolute atomic E-state index is 0.0381. The van der Waals surface area contributed by atoms with Gasteiger partial charge in [-0.05, 0) is 44.9 Å². The second-order valence-electron chi connectivity index (χ2n) is 6.34. The zero-order valence-corrected chi connectivity index (χ0v) is 15.7. The number of aryl methyl sites for hydroxylation is 3. The molecule has 0 radical (unpaired) electrons. The van der Waals surface area contributed by atoms with Gasteiger partial charge in [-0.25, -0.2) is 14.5 Å². The van der Waals surface area contributed by atoms with Gasteiger partial charge in [-0.1, -0.05) is 12.1 Å². The molecule has 3 aromatic heterocycles. The third-order valence-corrected chi connectivity index (χ3v) is 5.32. The highest BCUT2D eigenvalue weighted by Crippen LogP contribution is 2.23. The van der Waals surface area contributed by atoms with Gasteiger partial charge in [0.25, 0.3) is 0 Å². The van der Waals surface area contributed by atoms with Crippen LogP contribution < -0.4 is 5.32 Å². The Labute approximate surface area is 154 Å². The highest BCUT2D eigenvalue weighted by atomic mass is 32.1. The molecule has 1 N–H and O–H groups in total. The molecular weight excluding hydrogens is 346 g/mol. The topological polar surface area (TPSA) is 72.2 Å². The number of benzene rings is 1. The molecule has 0 unspecified atom stereocenters. The summed E-state index contributed by atoms with van der Waals surface area (Å²) in [5.74, 6) is -0.0381. The largest absolute Gasteiger partial charge is 0.302 e. The SMILES string of the molecule is Cc1cnc(NC(=O)CCc2c(C)nc3c4ccccc4nn3c2C)s1. The highest BCUT2D eigenvalue weighted by molar-refractivity contribution is 7.15. The first-order valence-corrected chi connectivity index (χ1v) is 9.30. The smallest absolute Gasteiger partial charge is 0.226 e. The van der Waals surface area contributed by atoms with Crippen LogP contribution >= 0.6 is 11.3 Å². The summed E-state index contributed by atoms with van der Waals surface area (Å²) in [5, 5.41) is 9.21. The summed E-state index contributed by atoms with van der Waals surface area (Å²) in [5.41, 5.74) is 4.83. The lowest BCUT2D eigenvalue weighted by atomic mass is 10.1. The first kappa shape index (κ1) is 16.7. The second-order valence-corrected chi connectivity index (χ2v) is 7.57. The normalized spacial score (nSPS) is 11.3. The van der Waals surface area contributed by atoms with E-state index in [0.717, 1.165) is 38.4 Å². The van der Waals surface area contributed by atoms with Crippen molar-refractivity contribution in [2.75, 3.05) is 5.32 Å². The quantitative estimate of drug-likeness (QED) is 0.596. The molecule has 1 amide bonds. The van der Waals surface area contributed by atoms with E-state index in [9.17, 15) is 4.79 Å². The molecule has 1 aromatic carbocycles. The maximum Gasteiger partial charge on any atom is 0.226 e. The molecule has 0 atom stereocenters. The maximum atomic E-state index is 12.2. The van der Waals surface area contributed by atoms with Crippen LogP contribution in [-0.4, -0.2) is 25.5 Å². The zero-order chi connectivity index (χ0) is 18.3. The van der Waals surface area contributed by atoms with E-state index in [0.29, 0.717) is 18.0 Å². The molecule has 3 heterocycles. The molecule has 0 aliphatic carbocycles. The van der Waals surface area contributed by atoms with E-state index in [2.05, 4.69) is 15.4 Å². The Morgan fingerprint density at radius 3 is 2.81 bits per heavy atom. The Balaban J connectivity index is 1.60. The van der Waals surface area contributed by atoms with Crippen molar-refractivity contribution in [2.24, 2.45) is 0 Å². The minimum Gasteiger partial charge on any atom is -0.302 e. The van der Waals surface area contributed by atoms with Crippen molar-refractivity contribution >= 4 is 38.9 Å². The predicted molar refractivity (Wildman–Crippen MR) is 104 cm³/mol.